The number of amides is 2. The lowest BCUT2D eigenvalue weighted by Crippen LogP contribution is -2.19. The molecule has 2 aromatic carbocycles. The highest BCUT2D eigenvalue weighted by molar-refractivity contribution is 6.04. The van der Waals surface area contributed by atoms with E-state index in [1.807, 2.05) is 32.0 Å². The molecule has 0 fully saturated rings. The Balaban J connectivity index is 1.98. The Labute approximate surface area is 148 Å². The molecular formula is C20H23N3O2. The molecule has 0 aliphatic carbocycles. The minimum Gasteiger partial charge on any atom is -0.322 e. The lowest BCUT2D eigenvalue weighted by molar-refractivity contribution is 0.0954. The van der Waals surface area contributed by atoms with Crippen molar-refractivity contribution in [3.8, 4) is 0 Å². The number of nitrogens with zero attached hydrogens (tertiary/aromatic N) is 1. The van der Waals surface area contributed by atoms with Crippen molar-refractivity contribution in [2.24, 2.45) is 5.10 Å². The fourth-order valence-corrected chi connectivity index (χ4v) is 2.32. The van der Waals surface area contributed by atoms with Gasteiger partial charge < -0.3 is 5.32 Å². The number of nitrogens with one attached hydrogen (secondary N) is 2. The van der Waals surface area contributed by atoms with Gasteiger partial charge in [0.05, 0.1) is 0 Å². The Kier molecular flexibility index (Phi) is 6.46. The molecule has 0 unspecified atom stereocenters. The van der Waals surface area contributed by atoms with Crippen LogP contribution in [0, 0.1) is 6.92 Å². The van der Waals surface area contributed by atoms with Crippen molar-refractivity contribution in [2.45, 2.75) is 33.6 Å². The van der Waals surface area contributed by atoms with Crippen LogP contribution in [-0.2, 0) is 0 Å². The number of hydrogen-bond donors (Lipinski definition) is 2. The number of benzene rings is 2. The number of hydrogen-bond acceptors (Lipinski definition) is 3. The molecule has 2 amide bonds. The quantitative estimate of drug-likeness (QED) is 0.614. The second-order valence-electron chi connectivity index (χ2n) is 5.94. The number of aryl methyl sites for hydroxylation is 1. The van der Waals surface area contributed by atoms with Crippen LogP contribution >= 0.6 is 0 Å². The summed E-state index contributed by atoms with van der Waals surface area (Å²) < 4.78 is 0. The SMILES string of the molecule is CCC/C(C)=N/NC(=O)c1ccc(NC(=O)c2cccc(C)c2)cc1. The molecule has 0 aliphatic rings. The molecule has 2 rings (SSSR count). The molecule has 130 valence electrons. The summed E-state index contributed by atoms with van der Waals surface area (Å²) in [4.78, 5) is 24.3. The van der Waals surface area contributed by atoms with E-state index in [0.717, 1.165) is 24.1 Å². The van der Waals surface area contributed by atoms with E-state index in [1.165, 1.54) is 0 Å². The van der Waals surface area contributed by atoms with Crippen molar-refractivity contribution in [3.05, 3.63) is 65.2 Å². The first-order valence-electron chi connectivity index (χ1n) is 8.31. The third kappa shape index (κ3) is 5.57. The smallest absolute Gasteiger partial charge is 0.271 e. The third-order valence-corrected chi connectivity index (χ3v) is 3.65. The Morgan fingerprint density at radius 3 is 2.36 bits per heavy atom. The highest BCUT2D eigenvalue weighted by atomic mass is 16.2. The van der Waals surface area contributed by atoms with E-state index in [0.29, 0.717) is 16.8 Å². The van der Waals surface area contributed by atoms with Crippen molar-refractivity contribution in [1.82, 2.24) is 5.43 Å². The first-order chi connectivity index (χ1) is 12.0. The Morgan fingerprint density at radius 2 is 1.72 bits per heavy atom. The lowest BCUT2D eigenvalue weighted by Gasteiger charge is -2.07. The van der Waals surface area contributed by atoms with Gasteiger partial charge in [-0.05, 0) is 56.7 Å². The molecule has 0 bridgehead atoms. The van der Waals surface area contributed by atoms with E-state index in [9.17, 15) is 9.59 Å². The van der Waals surface area contributed by atoms with Crippen molar-refractivity contribution < 1.29 is 9.59 Å². The van der Waals surface area contributed by atoms with Crippen LogP contribution in [-0.4, -0.2) is 17.5 Å². The lowest BCUT2D eigenvalue weighted by atomic mass is 10.1. The van der Waals surface area contributed by atoms with E-state index in [1.54, 1.807) is 30.3 Å². The first kappa shape index (κ1) is 18.4. The predicted octanol–water partition coefficient (Wildman–Crippen LogP) is 4.15. The van der Waals surface area contributed by atoms with Crippen molar-refractivity contribution >= 4 is 23.2 Å². The number of anilines is 1. The second kappa shape index (κ2) is 8.78. The molecule has 0 atom stereocenters. The zero-order valence-corrected chi connectivity index (χ0v) is 14.8. The van der Waals surface area contributed by atoms with Gasteiger partial charge in [-0.2, -0.15) is 5.10 Å². The van der Waals surface area contributed by atoms with Crippen LogP contribution in [0.5, 0.6) is 0 Å². The minimum atomic E-state index is -0.271. The van der Waals surface area contributed by atoms with Gasteiger partial charge in [0.1, 0.15) is 0 Å². The molecule has 0 aromatic heterocycles. The average molecular weight is 337 g/mol. The van der Waals surface area contributed by atoms with Gasteiger partial charge in [-0.1, -0.05) is 31.0 Å². The Hall–Kier alpha value is -2.95. The van der Waals surface area contributed by atoms with Gasteiger partial charge >= 0.3 is 0 Å². The normalized spacial score (nSPS) is 11.1. The van der Waals surface area contributed by atoms with Crippen LogP contribution in [0.25, 0.3) is 0 Å². The van der Waals surface area contributed by atoms with Crippen LogP contribution in [0.1, 0.15) is 53.0 Å². The molecule has 0 spiro atoms. The van der Waals surface area contributed by atoms with Gasteiger partial charge in [0.15, 0.2) is 0 Å². The van der Waals surface area contributed by atoms with Crippen LogP contribution in [0.2, 0.25) is 0 Å². The van der Waals surface area contributed by atoms with E-state index in [-0.39, 0.29) is 11.8 Å². The van der Waals surface area contributed by atoms with E-state index in [4.69, 9.17) is 0 Å². The third-order valence-electron chi connectivity index (χ3n) is 3.65. The summed E-state index contributed by atoms with van der Waals surface area (Å²) in [6.07, 6.45) is 1.84. The van der Waals surface area contributed by atoms with Crippen molar-refractivity contribution in [1.29, 1.82) is 0 Å². The van der Waals surface area contributed by atoms with Crippen LogP contribution in [0.15, 0.2) is 53.6 Å². The molecule has 2 N–H and O–H groups in total. The summed E-state index contributed by atoms with van der Waals surface area (Å²) in [6, 6.07) is 14.1. The van der Waals surface area contributed by atoms with Gasteiger partial charge in [-0.25, -0.2) is 5.43 Å². The number of rotatable bonds is 6. The maximum absolute atomic E-state index is 12.2. The molecule has 5 nitrogen and oxygen atoms in total. The van der Waals surface area contributed by atoms with Crippen LogP contribution in [0.3, 0.4) is 0 Å². The fraction of sp³-hybridized carbons (Fsp3) is 0.250. The minimum absolute atomic E-state index is 0.180. The van der Waals surface area contributed by atoms with E-state index in [2.05, 4.69) is 22.8 Å². The maximum Gasteiger partial charge on any atom is 0.271 e. The van der Waals surface area contributed by atoms with Gasteiger partial charge in [-0.3, -0.25) is 9.59 Å². The Bertz CT molecular complexity index is 780. The molecule has 0 aliphatic heterocycles. The second-order valence-corrected chi connectivity index (χ2v) is 5.94. The van der Waals surface area contributed by atoms with Crippen molar-refractivity contribution in [2.75, 3.05) is 5.32 Å². The molecule has 0 saturated carbocycles. The Morgan fingerprint density at radius 1 is 1.00 bits per heavy atom. The first-order valence-corrected chi connectivity index (χ1v) is 8.31. The van der Waals surface area contributed by atoms with Gasteiger partial charge in [0, 0.05) is 22.5 Å². The fourth-order valence-electron chi connectivity index (χ4n) is 2.32. The predicted molar refractivity (Wildman–Crippen MR) is 101 cm³/mol. The monoisotopic (exact) mass is 337 g/mol. The highest BCUT2D eigenvalue weighted by Gasteiger charge is 2.08. The molecule has 0 heterocycles. The zero-order chi connectivity index (χ0) is 18.2. The molecule has 25 heavy (non-hydrogen) atoms. The summed E-state index contributed by atoms with van der Waals surface area (Å²) in [5.74, 6) is -0.451. The van der Waals surface area contributed by atoms with Gasteiger partial charge in [0.25, 0.3) is 11.8 Å². The number of carbonyl (C=O) groups is 2. The number of hydrazone groups is 1. The molecule has 0 saturated heterocycles. The highest BCUT2D eigenvalue weighted by Crippen LogP contribution is 2.12. The van der Waals surface area contributed by atoms with Crippen LogP contribution in [0.4, 0.5) is 5.69 Å². The van der Waals surface area contributed by atoms with Gasteiger partial charge in [-0.15, -0.1) is 0 Å². The summed E-state index contributed by atoms with van der Waals surface area (Å²) in [6.45, 7) is 5.88. The van der Waals surface area contributed by atoms with Crippen LogP contribution < -0.4 is 10.7 Å². The molecular weight excluding hydrogens is 314 g/mol. The molecule has 0 radical (unpaired) electrons. The summed E-state index contributed by atoms with van der Waals surface area (Å²) in [7, 11) is 0. The van der Waals surface area contributed by atoms with E-state index < -0.39 is 0 Å². The van der Waals surface area contributed by atoms with Crippen molar-refractivity contribution in [3.63, 3.8) is 0 Å². The largest absolute Gasteiger partial charge is 0.322 e. The summed E-state index contributed by atoms with van der Waals surface area (Å²) >= 11 is 0. The maximum atomic E-state index is 12.2. The van der Waals surface area contributed by atoms with Gasteiger partial charge in [0.2, 0.25) is 0 Å². The summed E-state index contributed by atoms with van der Waals surface area (Å²) in [5, 5.41) is 6.88. The molecule has 5 heteroatoms. The van der Waals surface area contributed by atoms with E-state index >= 15 is 0 Å². The summed E-state index contributed by atoms with van der Waals surface area (Å²) in [5.41, 5.74) is 6.17. The molecule has 2 aromatic rings. The number of carbonyl (C=O) groups excluding carboxylic acids is 2. The zero-order valence-electron chi connectivity index (χ0n) is 14.8. The average Bonchev–Trinajstić information content (AvgIpc) is 2.60. The topological polar surface area (TPSA) is 70.6 Å². The standard InChI is InChI=1S/C20H23N3O2/c1-4-6-15(3)22-23-20(25)16-9-11-18(12-10-16)21-19(24)17-8-5-7-14(2)13-17/h5,7-13H,4,6H2,1-3H3,(H,21,24)(H,23,25)/b22-15+.